The lowest BCUT2D eigenvalue weighted by atomic mass is 10.0. The van der Waals surface area contributed by atoms with Gasteiger partial charge in [-0.2, -0.15) is 0 Å². The topological polar surface area (TPSA) is 18.5 Å². The van der Waals surface area contributed by atoms with E-state index in [4.69, 9.17) is 9.47 Å². The zero-order chi connectivity index (χ0) is 12.4. The van der Waals surface area contributed by atoms with Gasteiger partial charge >= 0.3 is 0 Å². The quantitative estimate of drug-likeness (QED) is 0.791. The number of para-hydroxylation sites is 2. The number of ether oxygens (including phenoxy) is 2. The molecule has 18 heavy (non-hydrogen) atoms. The molecule has 0 aliphatic carbocycles. The molecule has 2 aromatic carbocycles. The molecule has 0 saturated carbocycles. The number of methoxy groups -OCH3 is 1. The first-order valence-electron chi connectivity index (χ1n) is 5.95. The first-order valence-corrected chi connectivity index (χ1v) is 5.95. The molecular formula is C16H14O2. The largest absolute Gasteiger partial charge is 0.496 e. The zero-order valence-corrected chi connectivity index (χ0v) is 10.2. The third-order valence-corrected chi connectivity index (χ3v) is 3.07. The summed E-state index contributed by atoms with van der Waals surface area (Å²) in [7, 11) is 1.68. The molecule has 0 N–H and O–H groups in total. The molecule has 2 heteroatoms. The summed E-state index contributed by atoms with van der Waals surface area (Å²) >= 11 is 0. The van der Waals surface area contributed by atoms with Crippen LogP contribution in [0.25, 0.3) is 6.08 Å². The van der Waals surface area contributed by atoms with Crippen LogP contribution in [0.2, 0.25) is 0 Å². The molecule has 2 aromatic rings. The summed E-state index contributed by atoms with van der Waals surface area (Å²) in [5, 5.41) is 0. The maximum atomic E-state index is 5.99. The van der Waals surface area contributed by atoms with Gasteiger partial charge in [-0.3, -0.25) is 0 Å². The Hall–Kier alpha value is -2.22. The van der Waals surface area contributed by atoms with E-state index in [1.54, 1.807) is 7.11 Å². The van der Waals surface area contributed by atoms with Gasteiger partial charge in [0, 0.05) is 11.1 Å². The van der Waals surface area contributed by atoms with E-state index in [1.165, 1.54) is 0 Å². The Morgan fingerprint density at radius 3 is 2.67 bits per heavy atom. The van der Waals surface area contributed by atoms with Gasteiger partial charge < -0.3 is 9.47 Å². The first-order chi connectivity index (χ1) is 8.88. The molecule has 2 nitrogen and oxygen atoms in total. The molecule has 0 spiro atoms. The lowest BCUT2D eigenvalue weighted by Crippen LogP contribution is -2.09. The predicted octanol–water partition coefficient (Wildman–Crippen LogP) is 3.84. The van der Waals surface area contributed by atoms with Gasteiger partial charge in [-0.05, 0) is 18.2 Å². The maximum absolute atomic E-state index is 5.99. The smallest absolute Gasteiger partial charge is 0.146 e. The van der Waals surface area contributed by atoms with E-state index in [2.05, 4.69) is 12.2 Å². The van der Waals surface area contributed by atoms with Crippen LogP contribution >= 0.6 is 0 Å². The van der Waals surface area contributed by atoms with E-state index >= 15 is 0 Å². The molecule has 0 saturated heterocycles. The molecule has 1 aliphatic heterocycles. The SMILES string of the molecule is COc1ccccc1C1C=Cc2ccccc2O1. The Bertz CT molecular complexity index is 587. The highest BCUT2D eigenvalue weighted by Crippen LogP contribution is 2.35. The second-order valence-corrected chi connectivity index (χ2v) is 4.18. The molecule has 0 amide bonds. The van der Waals surface area contributed by atoms with Crippen LogP contribution in [0, 0.1) is 0 Å². The number of hydrogen-bond acceptors (Lipinski definition) is 2. The molecule has 0 aromatic heterocycles. The van der Waals surface area contributed by atoms with Crippen molar-refractivity contribution in [3.8, 4) is 11.5 Å². The van der Waals surface area contributed by atoms with Crippen molar-refractivity contribution in [2.45, 2.75) is 6.10 Å². The lowest BCUT2D eigenvalue weighted by molar-refractivity contribution is 0.245. The molecule has 0 bridgehead atoms. The molecule has 1 atom stereocenters. The summed E-state index contributed by atoms with van der Waals surface area (Å²) in [5.74, 6) is 1.77. The molecular weight excluding hydrogens is 224 g/mol. The van der Waals surface area contributed by atoms with Crippen LogP contribution in [0.3, 0.4) is 0 Å². The van der Waals surface area contributed by atoms with E-state index in [9.17, 15) is 0 Å². The first kappa shape index (κ1) is 10.9. The number of fused-ring (bicyclic) bond motifs is 1. The molecule has 0 fully saturated rings. The number of hydrogen-bond donors (Lipinski definition) is 0. The van der Waals surface area contributed by atoms with Gasteiger partial charge in [-0.15, -0.1) is 0 Å². The average molecular weight is 238 g/mol. The predicted molar refractivity (Wildman–Crippen MR) is 71.8 cm³/mol. The maximum Gasteiger partial charge on any atom is 0.146 e. The van der Waals surface area contributed by atoms with Gasteiger partial charge in [0.1, 0.15) is 17.6 Å². The fraction of sp³-hybridized carbons (Fsp3) is 0.125. The Labute approximate surface area is 106 Å². The third-order valence-electron chi connectivity index (χ3n) is 3.07. The van der Waals surface area contributed by atoms with Crippen LogP contribution in [-0.4, -0.2) is 7.11 Å². The average Bonchev–Trinajstić information content (AvgIpc) is 2.46. The van der Waals surface area contributed by atoms with Crippen LogP contribution in [0.1, 0.15) is 17.2 Å². The Balaban J connectivity index is 1.97. The van der Waals surface area contributed by atoms with Gasteiger partial charge in [0.2, 0.25) is 0 Å². The van der Waals surface area contributed by atoms with Crippen molar-refractivity contribution in [2.75, 3.05) is 7.11 Å². The van der Waals surface area contributed by atoms with Gasteiger partial charge in [0.05, 0.1) is 7.11 Å². The van der Waals surface area contributed by atoms with Crippen molar-refractivity contribution in [3.05, 3.63) is 65.7 Å². The van der Waals surface area contributed by atoms with Gasteiger partial charge in [-0.25, -0.2) is 0 Å². The van der Waals surface area contributed by atoms with Crippen LogP contribution < -0.4 is 9.47 Å². The van der Waals surface area contributed by atoms with Crippen molar-refractivity contribution in [1.29, 1.82) is 0 Å². The van der Waals surface area contributed by atoms with Gasteiger partial charge in [-0.1, -0.05) is 42.5 Å². The van der Waals surface area contributed by atoms with E-state index in [-0.39, 0.29) is 6.10 Å². The highest BCUT2D eigenvalue weighted by Gasteiger charge is 2.18. The van der Waals surface area contributed by atoms with Crippen LogP contribution in [0.4, 0.5) is 0 Å². The minimum absolute atomic E-state index is 0.0870. The summed E-state index contributed by atoms with van der Waals surface area (Å²) < 4.78 is 11.4. The van der Waals surface area contributed by atoms with E-state index in [0.29, 0.717) is 0 Å². The fourth-order valence-electron chi connectivity index (χ4n) is 2.16. The summed E-state index contributed by atoms with van der Waals surface area (Å²) in [6.07, 6.45) is 4.06. The highest BCUT2D eigenvalue weighted by molar-refractivity contribution is 5.61. The van der Waals surface area contributed by atoms with Crippen LogP contribution in [-0.2, 0) is 0 Å². The fourth-order valence-corrected chi connectivity index (χ4v) is 2.16. The van der Waals surface area contributed by atoms with Crippen molar-refractivity contribution in [1.82, 2.24) is 0 Å². The van der Waals surface area contributed by atoms with Gasteiger partial charge in [0.15, 0.2) is 0 Å². The second kappa shape index (κ2) is 4.57. The second-order valence-electron chi connectivity index (χ2n) is 4.18. The number of benzene rings is 2. The molecule has 90 valence electrons. The highest BCUT2D eigenvalue weighted by atomic mass is 16.5. The molecule has 3 rings (SSSR count). The molecule has 1 unspecified atom stereocenters. The molecule has 1 aliphatic rings. The van der Waals surface area contributed by atoms with E-state index in [0.717, 1.165) is 22.6 Å². The zero-order valence-electron chi connectivity index (χ0n) is 10.2. The standard InChI is InChI=1S/C16H14O2/c1-17-15-9-5-3-7-13(15)16-11-10-12-6-2-4-8-14(12)18-16/h2-11,16H,1H3. The Morgan fingerprint density at radius 1 is 1.00 bits per heavy atom. The minimum Gasteiger partial charge on any atom is -0.496 e. The monoisotopic (exact) mass is 238 g/mol. The molecule has 1 heterocycles. The van der Waals surface area contributed by atoms with Crippen molar-refractivity contribution in [2.24, 2.45) is 0 Å². The van der Waals surface area contributed by atoms with Crippen molar-refractivity contribution in [3.63, 3.8) is 0 Å². The van der Waals surface area contributed by atoms with Crippen molar-refractivity contribution < 1.29 is 9.47 Å². The summed E-state index contributed by atoms with van der Waals surface area (Å²) in [5.41, 5.74) is 2.16. The van der Waals surface area contributed by atoms with Gasteiger partial charge in [0.25, 0.3) is 0 Å². The summed E-state index contributed by atoms with van der Waals surface area (Å²) in [6, 6.07) is 16.0. The molecule has 0 radical (unpaired) electrons. The minimum atomic E-state index is -0.0870. The summed E-state index contributed by atoms with van der Waals surface area (Å²) in [6.45, 7) is 0. The van der Waals surface area contributed by atoms with E-state index < -0.39 is 0 Å². The normalized spacial score (nSPS) is 16.8. The summed E-state index contributed by atoms with van der Waals surface area (Å²) in [4.78, 5) is 0. The van der Waals surface area contributed by atoms with E-state index in [1.807, 2.05) is 48.5 Å². The van der Waals surface area contributed by atoms with Crippen molar-refractivity contribution >= 4 is 6.08 Å². The lowest BCUT2D eigenvalue weighted by Gasteiger charge is -2.23. The Kier molecular flexibility index (Phi) is 2.77. The van der Waals surface area contributed by atoms with Crippen LogP contribution in [0.15, 0.2) is 54.6 Å². The van der Waals surface area contributed by atoms with Crippen LogP contribution in [0.5, 0.6) is 11.5 Å². The number of rotatable bonds is 2. The third kappa shape index (κ3) is 1.86. The Morgan fingerprint density at radius 2 is 1.78 bits per heavy atom.